The topological polar surface area (TPSA) is 67.8 Å². The molecular weight excluding hydrogens is 308 g/mol. The van der Waals surface area contributed by atoms with Gasteiger partial charge in [0.15, 0.2) is 0 Å². The molecule has 1 aromatic carbocycles. The molecule has 0 radical (unpaired) electrons. The summed E-state index contributed by atoms with van der Waals surface area (Å²) in [5.41, 5.74) is -0.698. The monoisotopic (exact) mass is 329 g/mol. The summed E-state index contributed by atoms with van der Waals surface area (Å²) in [6.45, 7) is 5.11. The molecule has 2 N–H and O–H groups in total. The number of alkyl carbamates (subject to hydrolysis) is 1. The highest BCUT2D eigenvalue weighted by atomic mass is 19.1. The lowest BCUT2D eigenvalue weighted by Gasteiger charge is -2.35. The Hall–Kier alpha value is -1.73. The zero-order valence-corrected chi connectivity index (χ0v) is 13.3. The van der Waals surface area contributed by atoms with Crippen LogP contribution < -0.4 is 5.32 Å². The molecule has 128 valence electrons. The molecule has 0 aliphatic carbocycles. The number of nitrogens with one attached hydrogen (secondary N) is 1. The first-order valence-electron chi connectivity index (χ1n) is 7.40. The van der Waals surface area contributed by atoms with Gasteiger partial charge in [-0.05, 0) is 45.4 Å². The SMILES string of the molecule is CC(C)(C)OC(=O)N[C@H]1CC(O)CO[C@H]1c1cc(F)ccc1F. The average molecular weight is 329 g/mol. The lowest BCUT2D eigenvalue weighted by Crippen LogP contribution is -2.48. The molecule has 0 saturated carbocycles. The van der Waals surface area contributed by atoms with E-state index in [2.05, 4.69) is 5.32 Å². The van der Waals surface area contributed by atoms with Crippen molar-refractivity contribution in [2.24, 2.45) is 0 Å². The molecule has 0 aromatic heterocycles. The highest BCUT2D eigenvalue weighted by Crippen LogP contribution is 2.31. The zero-order valence-electron chi connectivity index (χ0n) is 13.3. The van der Waals surface area contributed by atoms with E-state index in [9.17, 15) is 18.7 Å². The van der Waals surface area contributed by atoms with E-state index >= 15 is 0 Å². The Bertz CT molecular complexity index is 574. The molecule has 23 heavy (non-hydrogen) atoms. The van der Waals surface area contributed by atoms with Crippen LogP contribution >= 0.6 is 0 Å². The molecule has 3 atom stereocenters. The molecule has 5 nitrogen and oxygen atoms in total. The smallest absolute Gasteiger partial charge is 0.407 e. The fourth-order valence-corrected chi connectivity index (χ4v) is 2.45. The second-order valence-corrected chi connectivity index (χ2v) is 6.56. The van der Waals surface area contributed by atoms with Crippen LogP contribution in [-0.4, -0.2) is 35.6 Å². The molecule has 1 aliphatic heterocycles. The van der Waals surface area contributed by atoms with Gasteiger partial charge in [0.2, 0.25) is 0 Å². The van der Waals surface area contributed by atoms with E-state index in [1.165, 1.54) is 0 Å². The summed E-state index contributed by atoms with van der Waals surface area (Å²) in [7, 11) is 0. The largest absolute Gasteiger partial charge is 0.444 e. The minimum Gasteiger partial charge on any atom is -0.444 e. The van der Waals surface area contributed by atoms with E-state index in [0.29, 0.717) is 0 Å². The second-order valence-electron chi connectivity index (χ2n) is 6.56. The van der Waals surface area contributed by atoms with Crippen molar-refractivity contribution in [2.75, 3.05) is 6.61 Å². The average Bonchev–Trinajstić information content (AvgIpc) is 2.40. The van der Waals surface area contributed by atoms with Crippen LogP contribution in [0.1, 0.15) is 38.9 Å². The summed E-state index contributed by atoms with van der Waals surface area (Å²) in [6.07, 6.45) is -2.26. The van der Waals surface area contributed by atoms with E-state index in [1.54, 1.807) is 20.8 Å². The third-order valence-electron chi connectivity index (χ3n) is 3.33. The number of halogens is 2. The Morgan fingerprint density at radius 2 is 2.09 bits per heavy atom. The normalized spacial score (nSPS) is 25.0. The van der Waals surface area contributed by atoms with Crippen LogP contribution in [0.5, 0.6) is 0 Å². The summed E-state index contributed by atoms with van der Waals surface area (Å²) < 4.78 is 38.0. The molecule has 1 amide bonds. The predicted molar refractivity (Wildman–Crippen MR) is 78.8 cm³/mol. The third kappa shape index (κ3) is 4.87. The molecule has 1 unspecified atom stereocenters. The predicted octanol–water partition coefficient (Wildman–Crippen LogP) is 2.68. The summed E-state index contributed by atoms with van der Waals surface area (Å²) >= 11 is 0. The Kier molecular flexibility index (Phi) is 5.21. The molecule has 1 saturated heterocycles. The summed E-state index contributed by atoms with van der Waals surface area (Å²) in [6, 6.07) is 2.31. The van der Waals surface area contributed by atoms with Crippen LogP contribution in [0, 0.1) is 11.6 Å². The van der Waals surface area contributed by atoms with Gasteiger partial charge in [-0.15, -0.1) is 0 Å². The van der Waals surface area contributed by atoms with Crippen molar-refractivity contribution in [1.82, 2.24) is 5.32 Å². The van der Waals surface area contributed by atoms with Crippen molar-refractivity contribution in [3.63, 3.8) is 0 Å². The minimum absolute atomic E-state index is 0.00189. The summed E-state index contributed by atoms with van der Waals surface area (Å²) in [5, 5.41) is 12.3. The van der Waals surface area contributed by atoms with Crippen LogP contribution in [0.4, 0.5) is 13.6 Å². The zero-order chi connectivity index (χ0) is 17.2. The standard InChI is InChI=1S/C16H21F2NO4/c1-16(2,3)23-15(21)19-13-7-10(20)8-22-14(13)11-6-9(17)4-5-12(11)18/h4-6,10,13-14,20H,7-8H2,1-3H3,(H,19,21)/t10?,13-,14-/m0/s1. The molecule has 1 heterocycles. The van der Waals surface area contributed by atoms with Gasteiger partial charge in [-0.1, -0.05) is 0 Å². The quantitative estimate of drug-likeness (QED) is 0.875. The number of rotatable bonds is 2. The van der Waals surface area contributed by atoms with Gasteiger partial charge in [-0.25, -0.2) is 13.6 Å². The number of ether oxygens (including phenoxy) is 2. The summed E-state index contributed by atoms with van der Waals surface area (Å²) in [5.74, 6) is -1.24. The fourth-order valence-electron chi connectivity index (χ4n) is 2.45. The first-order chi connectivity index (χ1) is 10.7. The highest BCUT2D eigenvalue weighted by Gasteiger charge is 2.35. The number of amides is 1. The second kappa shape index (κ2) is 6.80. The van der Waals surface area contributed by atoms with E-state index < -0.39 is 41.6 Å². The molecule has 7 heteroatoms. The lowest BCUT2D eigenvalue weighted by atomic mass is 9.94. The number of carbonyl (C=O) groups excluding carboxylic acids is 1. The van der Waals surface area contributed by atoms with E-state index in [0.717, 1.165) is 18.2 Å². The van der Waals surface area contributed by atoms with Crippen molar-refractivity contribution in [3.05, 3.63) is 35.4 Å². The number of benzene rings is 1. The van der Waals surface area contributed by atoms with Gasteiger partial charge < -0.3 is 19.9 Å². The Morgan fingerprint density at radius 3 is 2.74 bits per heavy atom. The maximum atomic E-state index is 14.0. The molecule has 0 bridgehead atoms. The molecule has 1 aromatic rings. The van der Waals surface area contributed by atoms with Crippen molar-refractivity contribution < 1.29 is 28.2 Å². The highest BCUT2D eigenvalue weighted by molar-refractivity contribution is 5.68. The van der Waals surface area contributed by atoms with Crippen molar-refractivity contribution >= 4 is 6.09 Å². The van der Waals surface area contributed by atoms with Gasteiger partial charge in [0, 0.05) is 5.56 Å². The number of hydrogen-bond donors (Lipinski definition) is 2. The van der Waals surface area contributed by atoms with Gasteiger partial charge in [-0.2, -0.15) is 0 Å². The van der Waals surface area contributed by atoms with Crippen molar-refractivity contribution in [1.29, 1.82) is 0 Å². The van der Waals surface area contributed by atoms with Gasteiger partial charge in [0.1, 0.15) is 23.3 Å². The fraction of sp³-hybridized carbons (Fsp3) is 0.562. The summed E-state index contributed by atoms with van der Waals surface area (Å²) in [4.78, 5) is 11.9. The number of aliphatic hydroxyl groups excluding tert-OH is 1. The van der Waals surface area contributed by atoms with Gasteiger partial charge in [-0.3, -0.25) is 0 Å². The van der Waals surface area contributed by atoms with Crippen LogP contribution in [0.3, 0.4) is 0 Å². The van der Waals surface area contributed by atoms with Gasteiger partial charge in [0.05, 0.1) is 18.8 Å². The van der Waals surface area contributed by atoms with Crippen LogP contribution in [-0.2, 0) is 9.47 Å². The van der Waals surface area contributed by atoms with E-state index in [4.69, 9.17) is 9.47 Å². The van der Waals surface area contributed by atoms with Gasteiger partial charge >= 0.3 is 6.09 Å². The molecule has 1 fully saturated rings. The molecular formula is C16H21F2NO4. The van der Waals surface area contributed by atoms with Crippen molar-refractivity contribution in [2.45, 2.75) is 51.0 Å². The number of aliphatic hydroxyl groups is 1. The Morgan fingerprint density at radius 1 is 1.39 bits per heavy atom. The Labute approximate surface area is 133 Å². The van der Waals surface area contributed by atoms with E-state index in [1.807, 2.05) is 0 Å². The number of carbonyl (C=O) groups is 1. The molecule has 1 aliphatic rings. The molecule has 0 spiro atoms. The Balaban J connectivity index is 2.19. The van der Waals surface area contributed by atoms with Crippen LogP contribution in [0.15, 0.2) is 18.2 Å². The first kappa shape index (κ1) is 17.6. The first-order valence-corrected chi connectivity index (χ1v) is 7.40. The number of hydrogen-bond acceptors (Lipinski definition) is 4. The molecule has 2 rings (SSSR count). The van der Waals surface area contributed by atoms with Crippen LogP contribution in [0.25, 0.3) is 0 Å². The van der Waals surface area contributed by atoms with Crippen LogP contribution in [0.2, 0.25) is 0 Å². The third-order valence-corrected chi connectivity index (χ3v) is 3.33. The lowest BCUT2D eigenvalue weighted by molar-refractivity contribution is -0.0779. The van der Waals surface area contributed by atoms with E-state index in [-0.39, 0.29) is 18.6 Å². The minimum atomic E-state index is -0.901. The van der Waals surface area contributed by atoms with Gasteiger partial charge in [0.25, 0.3) is 0 Å². The maximum absolute atomic E-state index is 14.0. The maximum Gasteiger partial charge on any atom is 0.407 e. The van der Waals surface area contributed by atoms with Crippen molar-refractivity contribution in [3.8, 4) is 0 Å².